The van der Waals surface area contributed by atoms with Crippen LogP contribution in [-0.4, -0.2) is 41.7 Å². The molecule has 1 aliphatic heterocycles. The lowest BCUT2D eigenvalue weighted by Gasteiger charge is -2.13. The molecule has 0 saturated carbocycles. The Hall–Kier alpha value is -3.56. The molecule has 178 valence electrons. The summed E-state index contributed by atoms with van der Waals surface area (Å²) in [5.41, 5.74) is 1.40. The minimum absolute atomic E-state index is 0.156. The Labute approximate surface area is 215 Å². The summed E-state index contributed by atoms with van der Waals surface area (Å²) in [5.74, 6) is 0.527. The number of amides is 3. The zero-order valence-electron chi connectivity index (χ0n) is 18.5. The average Bonchev–Trinajstić information content (AvgIpc) is 3.12. The second-order valence-corrected chi connectivity index (χ2v) is 9.24. The first-order chi connectivity index (χ1) is 17.0. The van der Waals surface area contributed by atoms with Crippen molar-refractivity contribution in [3.63, 3.8) is 0 Å². The second-order valence-electron chi connectivity index (χ2n) is 7.39. The molecule has 1 heterocycles. The summed E-state index contributed by atoms with van der Waals surface area (Å²) in [6.07, 6.45) is 1.65. The maximum Gasteiger partial charge on any atom is 0.293 e. The van der Waals surface area contributed by atoms with Crippen molar-refractivity contribution < 1.29 is 23.9 Å². The third kappa shape index (κ3) is 6.74. The number of nitrogens with zero attached hydrogens (tertiary/aromatic N) is 1. The average molecular weight is 553 g/mol. The van der Waals surface area contributed by atoms with Crippen LogP contribution in [-0.2, 0) is 9.59 Å². The number of halogens is 1. The van der Waals surface area contributed by atoms with Gasteiger partial charge in [-0.1, -0.05) is 42.5 Å². The molecule has 0 bridgehead atoms. The standard InChI is InChI=1S/C26H21BrN2O5S/c27-21-15-18(11-12-22(21)34-17-24(30)28-19-7-3-1-4-8-19)16-23-25(31)29(26(32)35-23)13-14-33-20-9-5-2-6-10-20/h1-12,15-16H,13-14,17H2,(H,28,30)/b23-16-. The number of imide groups is 1. The lowest BCUT2D eigenvalue weighted by atomic mass is 10.2. The Morgan fingerprint density at radius 2 is 1.69 bits per heavy atom. The van der Waals surface area contributed by atoms with E-state index < -0.39 is 0 Å². The van der Waals surface area contributed by atoms with E-state index in [2.05, 4.69) is 21.2 Å². The molecular weight excluding hydrogens is 532 g/mol. The summed E-state index contributed by atoms with van der Waals surface area (Å²) in [6, 6.07) is 23.5. The summed E-state index contributed by atoms with van der Waals surface area (Å²) in [7, 11) is 0. The van der Waals surface area contributed by atoms with Crippen LogP contribution < -0.4 is 14.8 Å². The minimum Gasteiger partial charge on any atom is -0.492 e. The van der Waals surface area contributed by atoms with Crippen molar-refractivity contribution >= 4 is 56.5 Å². The molecule has 0 radical (unpaired) electrons. The van der Waals surface area contributed by atoms with Crippen LogP contribution in [0, 0.1) is 0 Å². The lowest BCUT2D eigenvalue weighted by molar-refractivity contribution is -0.123. The Bertz CT molecular complexity index is 1250. The molecule has 0 spiro atoms. The van der Waals surface area contributed by atoms with E-state index in [1.165, 1.54) is 4.90 Å². The Balaban J connectivity index is 1.32. The van der Waals surface area contributed by atoms with Crippen LogP contribution in [0.15, 0.2) is 88.2 Å². The molecule has 0 atom stereocenters. The molecule has 7 nitrogen and oxygen atoms in total. The van der Waals surface area contributed by atoms with Crippen LogP contribution in [0.25, 0.3) is 6.08 Å². The van der Waals surface area contributed by atoms with Gasteiger partial charge in [-0.2, -0.15) is 0 Å². The van der Waals surface area contributed by atoms with Gasteiger partial charge < -0.3 is 14.8 Å². The van der Waals surface area contributed by atoms with Crippen molar-refractivity contribution in [2.24, 2.45) is 0 Å². The highest BCUT2D eigenvalue weighted by atomic mass is 79.9. The van der Waals surface area contributed by atoms with Crippen LogP contribution in [0.1, 0.15) is 5.56 Å². The first kappa shape index (κ1) is 24.6. The number of benzene rings is 3. The van der Waals surface area contributed by atoms with E-state index >= 15 is 0 Å². The van der Waals surface area contributed by atoms with Gasteiger partial charge in [0.15, 0.2) is 6.61 Å². The molecule has 0 unspecified atom stereocenters. The second kappa shape index (κ2) is 11.7. The predicted molar refractivity (Wildman–Crippen MR) is 139 cm³/mol. The Morgan fingerprint density at radius 3 is 2.40 bits per heavy atom. The van der Waals surface area contributed by atoms with E-state index in [0.717, 1.165) is 11.8 Å². The molecule has 9 heteroatoms. The van der Waals surface area contributed by atoms with Crippen LogP contribution in [0.2, 0.25) is 0 Å². The topological polar surface area (TPSA) is 84.9 Å². The van der Waals surface area contributed by atoms with Gasteiger partial charge in [0, 0.05) is 5.69 Å². The maximum atomic E-state index is 12.7. The summed E-state index contributed by atoms with van der Waals surface area (Å²) >= 11 is 4.33. The van der Waals surface area contributed by atoms with Crippen molar-refractivity contribution in [3.05, 3.63) is 93.8 Å². The van der Waals surface area contributed by atoms with Gasteiger partial charge in [0.2, 0.25) is 0 Å². The predicted octanol–water partition coefficient (Wildman–Crippen LogP) is 5.58. The number of thioether (sulfide) groups is 1. The monoisotopic (exact) mass is 552 g/mol. The largest absolute Gasteiger partial charge is 0.492 e. The molecular formula is C26H21BrN2O5S. The van der Waals surface area contributed by atoms with Crippen molar-refractivity contribution in [2.45, 2.75) is 0 Å². The number of anilines is 1. The molecule has 35 heavy (non-hydrogen) atoms. The van der Waals surface area contributed by atoms with Crippen molar-refractivity contribution in [2.75, 3.05) is 25.1 Å². The fraction of sp³-hybridized carbons (Fsp3) is 0.115. The molecule has 4 rings (SSSR count). The summed E-state index contributed by atoms with van der Waals surface area (Å²) in [6.45, 7) is 0.222. The molecule has 1 N–H and O–H groups in total. The van der Waals surface area contributed by atoms with Crippen LogP contribution >= 0.6 is 27.7 Å². The van der Waals surface area contributed by atoms with Crippen molar-refractivity contribution in [3.8, 4) is 11.5 Å². The summed E-state index contributed by atoms with van der Waals surface area (Å²) < 4.78 is 11.8. The van der Waals surface area contributed by atoms with Gasteiger partial charge in [0.1, 0.15) is 18.1 Å². The minimum atomic E-state index is -0.356. The molecule has 0 aliphatic carbocycles. The number of carbonyl (C=O) groups excluding carboxylic acids is 3. The quantitative estimate of drug-likeness (QED) is 0.349. The highest BCUT2D eigenvalue weighted by molar-refractivity contribution is 9.10. The SMILES string of the molecule is O=C(COc1ccc(/C=C2\SC(=O)N(CCOc3ccccc3)C2=O)cc1Br)Nc1ccccc1. The molecule has 3 amide bonds. The van der Waals surface area contributed by atoms with E-state index in [4.69, 9.17) is 9.47 Å². The summed E-state index contributed by atoms with van der Waals surface area (Å²) in [4.78, 5) is 38.7. The summed E-state index contributed by atoms with van der Waals surface area (Å²) in [5, 5.41) is 2.42. The number of hydrogen-bond acceptors (Lipinski definition) is 6. The first-order valence-electron chi connectivity index (χ1n) is 10.7. The number of hydrogen-bond donors (Lipinski definition) is 1. The van der Waals surface area contributed by atoms with E-state index in [1.807, 2.05) is 48.5 Å². The van der Waals surface area contributed by atoms with Crippen LogP contribution in [0.3, 0.4) is 0 Å². The van der Waals surface area contributed by atoms with E-state index in [0.29, 0.717) is 32.1 Å². The number of nitrogens with one attached hydrogen (secondary N) is 1. The van der Waals surface area contributed by atoms with E-state index in [9.17, 15) is 14.4 Å². The molecule has 0 aromatic heterocycles. The zero-order chi connectivity index (χ0) is 24.6. The first-order valence-corrected chi connectivity index (χ1v) is 12.3. The van der Waals surface area contributed by atoms with Crippen molar-refractivity contribution in [1.82, 2.24) is 4.90 Å². The van der Waals surface area contributed by atoms with Gasteiger partial charge in [-0.05, 0) is 75.7 Å². The smallest absolute Gasteiger partial charge is 0.293 e. The van der Waals surface area contributed by atoms with E-state index in [1.54, 1.807) is 36.4 Å². The van der Waals surface area contributed by atoms with Gasteiger partial charge >= 0.3 is 0 Å². The van der Waals surface area contributed by atoms with Crippen molar-refractivity contribution in [1.29, 1.82) is 0 Å². The van der Waals surface area contributed by atoms with E-state index in [-0.39, 0.29) is 36.8 Å². The zero-order valence-corrected chi connectivity index (χ0v) is 20.9. The molecule has 3 aromatic carbocycles. The highest BCUT2D eigenvalue weighted by Gasteiger charge is 2.34. The Kier molecular flexibility index (Phi) is 8.23. The van der Waals surface area contributed by atoms with Gasteiger partial charge in [0.25, 0.3) is 17.1 Å². The lowest BCUT2D eigenvalue weighted by Crippen LogP contribution is -2.32. The van der Waals surface area contributed by atoms with Gasteiger partial charge in [-0.15, -0.1) is 0 Å². The van der Waals surface area contributed by atoms with Gasteiger partial charge in [-0.3, -0.25) is 19.3 Å². The molecule has 1 saturated heterocycles. The van der Waals surface area contributed by atoms with Crippen LogP contribution in [0.5, 0.6) is 11.5 Å². The third-order valence-electron chi connectivity index (χ3n) is 4.87. The number of rotatable bonds is 9. The normalized spacial score (nSPS) is 14.3. The molecule has 1 fully saturated rings. The third-order valence-corrected chi connectivity index (χ3v) is 6.40. The highest BCUT2D eigenvalue weighted by Crippen LogP contribution is 2.33. The maximum absolute atomic E-state index is 12.7. The van der Waals surface area contributed by atoms with Crippen LogP contribution in [0.4, 0.5) is 10.5 Å². The Morgan fingerprint density at radius 1 is 0.971 bits per heavy atom. The fourth-order valence-corrected chi connectivity index (χ4v) is 4.58. The molecule has 3 aromatic rings. The van der Waals surface area contributed by atoms with Gasteiger partial charge in [0.05, 0.1) is 15.9 Å². The number of para-hydroxylation sites is 2. The molecule has 1 aliphatic rings. The number of carbonyl (C=O) groups is 3. The fourth-order valence-electron chi connectivity index (χ4n) is 3.20. The van der Waals surface area contributed by atoms with Gasteiger partial charge in [-0.25, -0.2) is 0 Å². The number of ether oxygens (including phenoxy) is 2.